The highest BCUT2D eigenvalue weighted by molar-refractivity contribution is 9.09. The molecule has 0 spiro atoms. The van der Waals surface area contributed by atoms with Crippen LogP contribution in [-0.4, -0.2) is 20.3 Å². The topological polar surface area (TPSA) is 30.7 Å². The molecule has 1 heterocycles. The van der Waals surface area contributed by atoms with Crippen molar-refractivity contribution in [2.24, 2.45) is 0 Å². The van der Waals surface area contributed by atoms with Gasteiger partial charge in [-0.1, -0.05) is 32.7 Å². The molecular weight excluding hydrogens is 296 g/mol. The quantitative estimate of drug-likeness (QED) is 0.816. The third kappa shape index (κ3) is 2.41. The van der Waals surface area contributed by atoms with Crippen LogP contribution in [-0.2, 0) is 6.42 Å². The van der Waals surface area contributed by atoms with Gasteiger partial charge in [-0.3, -0.25) is 0 Å². The fraction of sp³-hybridized carbons (Fsp3) is 0.200. The van der Waals surface area contributed by atoms with Crippen LogP contribution < -0.4 is 0 Å². The first-order chi connectivity index (χ1) is 7.70. The van der Waals surface area contributed by atoms with E-state index in [2.05, 4.69) is 26.2 Å². The third-order valence-electron chi connectivity index (χ3n) is 2.05. The number of alkyl halides is 1. The second-order valence-electron chi connectivity index (χ2n) is 3.19. The first kappa shape index (κ1) is 11.5. The fourth-order valence-corrected chi connectivity index (χ4v) is 1.95. The predicted octanol–water partition coefficient (Wildman–Crippen LogP) is 3.00. The zero-order valence-electron chi connectivity index (χ0n) is 8.20. The lowest BCUT2D eigenvalue weighted by Crippen LogP contribution is -1.96. The highest BCUT2D eigenvalue weighted by Crippen LogP contribution is 2.20. The summed E-state index contributed by atoms with van der Waals surface area (Å²) < 4.78 is 14.4. The molecule has 0 amide bonds. The average molecular weight is 305 g/mol. The molecule has 0 saturated carbocycles. The third-order valence-corrected chi connectivity index (χ3v) is 2.75. The van der Waals surface area contributed by atoms with E-state index in [-0.39, 0.29) is 5.82 Å². The van der Waals surface area contributed by atoms with Crippen molar-refractivity contribution < 1.29 is 4.39 Å². The van der Waals surface area contributed by atoms with E-state index >= 15 is 0 Å². The van der Waals surface area contributed by atoms with Crippen LogP contribution in [0, 0.1) is 5.82 Å². The molecule has 84 valence electrons. The van der Waals surface area contributed by atoms with Crippen molar-refractivity contribution in [2.45, 2.75) is 6.42 Å². The molecule has 0 saturated heterocycles. The van der Waals surface area contributed by atoms with Gasteiger partial charge in [0.1, 0.15) is 5.82 Å². The van der Waals surface area contributed by atoms with Crippen molar-refractivity contribution in [2.75, 3.05) is 5.33 Å². The van der Waals surface area contributed by atoms with Crippen LogP contribution in [0.1, 0.15) is 5.69 Å². The first-order valence-corrected chi connectivity index (χ1v) is 6.13. The number of hydrogen-bond donors (Lipinski definition) is 0. The summed E-state index contributed by atoms with van der Waals surface area (Å²) in [6.07, 6.45) is 2.57. The van der Waals surface area contributed by atoms with Gasteiger partial charge in [-0.2, -0.15) is 0 Å². The predicted molar refractivity (Wildman–Crippen MR) is 63.8 cm³/mol. The van der Waals surface area contributed by atoms with Crippen molar-refractivity contribution in [3.8, 4) is 5.69 Å². The van der Waals surface area contributed by atoms with E-state index in [1.807, 2.05) is 0 Å². The minimum absolute atomic E-state index is 0.315. The summed E-state index contributed by atoms with van der Waals surface area (Å²) in [5, 5.41) is 9.05. The Hall–Kier alpha value is -0.940. The van der Waals surface area contributed by atoms with Crippen LogP contribution in [0.15, 0.2) is 24.4 Å². The minimum atomic E-state index is -0.366. The van der Waals surface area contributed by atoms with Crippen molar-refractivity contribution in [1.29, 1.82) is 0 Å². The van der Waals surface area contributed by atoms with Gasteiger partial charge in [0, 0.05) is 11.8 Å². The number of aryl methyl sites for hydroxylation is 1. The summed E-state index contributed by atoms with van der Waals surface area (Å²) in [4.78, 5) is 0. The van der Waals surface area contributed by atoms with Gasteiger partial charge in [0.25, 0.3) is 0 Å². The second-order valence-corrected chi connectivity index (χ2v) is 4.39. The molecule has 0 fully saturated rings. The van der Waals surface area contributed by atoms with Crippen LogP contribution in [0.4, 0.5) is 4.39 Å². The molecule has 3 nitrogen and oxygen atoms in total. The van der Waals surface area contributed by atoms with E-state index in [9.17, 15) is 4.39 Å². The highest BCUT2D eigenvalue weighted by Gasteiger charge is 2.07. The van der Waals surface area contributed by atoms with Gasteiger partial charge in [-0.25, -0.2) is 9.07 Å². The van der Waals surface area contributed by atoms with E-state index in [0.717, 1.165) is 17.4 Å². The fourth-order valence-electron chi connectivity index (χ4n) is 1.29. The number of hydrogen-bond acceptors (Lipinski definition) is 2. The van der Waals surface area contributed by atoms with Crippen molar-refractivity contribution in [3.05, 3.63) is 40.9 Å². The van der Waals surface area contributed by atoms with E-state index < -0.39 is 0 Å². The van der Waals surface area contributed by atoms with Crippen molar-refractivity contribution in [3.63, 3.8) is 0 Å². The SMILES string of the molecule is Fc1ccc(-n2cc(CCBr)nn2)c(Cl)c1. The lowest BCUT2D eigenvalue weighted by atomic mass is 10.3. The summed E-state index contributed by atoms with van der Waals surface area (Å²) in [6.45, 7) is 0. The Balaban J connectivity index is 2.35. The van der Waals surface area contributed by atoms with E-state index in [0.29, 0.717) is 10.7 Å². The average Bonchev–Trinajstić information content (AvgIpc) is 2.67. The molecule has 16 heavy (non-hydrogen) atoms. The van der Waals surface area contributed by atoms with E-state index in [1.54, 1.807) is 16.9 Å². The molecule has 0 bridgehead atoms. The number of benzene rings is 1. The molecule has 0 N–H and O–H groups in total. The summed E-state index contributed by atoms with van der Waals surface area (Å²) >= 11 is 9.24. The number of aromatic nitrogens is 3. The lowest BCUT2D eigenvalue weighted by molar-refractivity contribution is 0.627. The van der Waals surface area contributed by atoms with Gasteiger partial charge in [-0.05, 0) is 18.2 Å². The largest absolute Gasteiger partial charge is 0.219 e. The molecule has 0 aliphatic heterocycles. The molecular formula is C10H8BrClFN3. The Kier molecular flexibility index (Phi) is 3.56. The summed E-state index contributed by atoms with van der Waals surface area (Å²) in [5.74, 6) is -0.366. The highest BCUT2D eigenvalue weighted by atomic mass is 79.9. The Morgan fingerprint density at radius 3 is 2.94 bits per heavy atom. The standard InChI is InChI=1S/C10H8BrClFN3/c11-4-3-8-6-16(15-14-8)10-2-1-7(13)5-9(10)12/h1-2,5-6H,3-4H2. The smallest absolute Gasteiger partial charge is 0.124 e. The van der Waals surface area contributed by atoms with Crippen LogP contribution >= 0.6 is 27.5 Å². The second kappa shape index (κ2) is 4.93. The Morgan fingerprint density at radius 2 is 2.25 bits per heavy atom. The molecule has 6 heteroatoms. The van der Waals surface area contributed by atoms with Gasteiger partial charge in [0.15, 0.2) is 0 Å². The zero-order valence-corrected chi connectivity index (χ0v) is 10.5. The number of rotatable bonds is 3. The Morgan fingerprint density at radius 1 is 1.44 bits per heavy atom. The molecule has 2 aromatic rings. The number of nitrogens with zero attached hydrogens (tertiary/aromatic N) is 3. The maximum absolute atomic E-state index is 12.9. The normalized spacial score (nSPS) is 10.7. The molecule has 0 aliphatic carbocycles. The molecule has 1 aromatic carbocycles. The van der Waals surface area contributed by atoms with Crippen LogP contribution in [0.25, 0.3) is 5.69 Å². The van der Waals surface area contributed by atoms with E-state index in [1.165, 1.54) is 12.1 Å². The number of halogens is 3. The van der Waals surface area contributed by atoms with E-state index in [4.69, 9.17) is 11.6 Å². The zero-order chi connectivity index (χ0) is 11.5. The minimum Gasteiger partial charge on any atom is -0.219 e. The summed E-state index contributed by atoms with van der Waals surface area (Å²) in [5.41, 5.74) is 1.48. The van der Waals surface area contributed by atoms with Gasteiger partial charge in [0.05, 0.1) is 22.6 Å². The van der Waals surface area contributed by atoms with Crippen LogP contribution in [0.5, 0.6) is 0 Å². The maximum Gasteiger partial charge on any atom is 0.124 e. The van der Waals surface area contributed by atoms with Gasteiger partial charge in [0.2, 0.25) is 0 Å². The molecule has 1 aromatic heterocycles. The van der Waals surface area contributed by atoms with Gasteiger partial charge < -0.3 is 0 Å². The summed E-state index contributed by atoms with van der Waals surface area (Å²) in [7, 11) is 0. The Bertz CT molecular complexity index is 501. The lowest BCUT2D eigenvalue weighted by Gasteiger charge is -2.02. The monoisotopic (exact) mass is 303 g/mol. The molecule has 0 aliphatic rings. The molecule has 0 radical (unpaired) electrons. The molecule has 0 unspecified atom stereocenters. The Labute approximate surface area is 105 Å². The van der Waals surface area contributed by atoms with Gasteiger partial charge >= 0.3 is 0 Å². The summed E-state index contributed by atoms with van der Waals surface area (Å²) in [6, 6.07) is 4.17. The van der Waals surface area contributed by atoms with Crippen molar-refractivity contribution >= 4 is 27.5 Å². The van der Waals surface area contributed by atoms with Crippen molar-refractivity contribution in [1.82, 2.24) is 15.0 Å². The van der Waals surface area contributed by atoms with Gasteiger partial charge in [-0.15, -0.1) is 5.10 Å². The molecule has 2 rings (SSSR count). The first-order valence-electron chi connectivity index (χ1n) is 4.63. The maximum atomic E-state index is 12.9. The molecule has 0 atom stereocenters. The van der Waals surface area contributed by atoms with Crippen LogP contribution in [0.3, 0.4) is 0 Å². The van der Waals surface area contributed by atoms with Crippen LogP contribution in [0.2, 0.25) is 5.02 Å².